The molecular weight excluding hydrogens is 352 g/mol. The van der Waals surface area contributed by atoms with Crippen LogP contribution in [0.2, 0.25) is 0 Å². The number of rotatable bonds is 5. The molecule has 0 saturated carbocycles. The van der Waals surface area contributed by atoms with Crippen molar-refractivity contribution in [3.63, 3.8) is 0 Å². The summed E-state index contributed by atoms with van der Waals surface area (Å²) in [6, 6.07) is 25.6. The van der Waals surface area contributed by atoms with Gasteiger partial charge in [0.1, 0.15) is 5.58 Å². The lowest BCUT2D eigenvalue weighted by atomic mass is 10.1. The van der Waals surface area contributed by atoms with E-state index in [0.717, 1.165) is 10.9 Å². The van der Waals surface area contributed by atoms with Gasteiger partial charge in [0.25, 0.3) is 11.8 Å². The Hall–Kier alpha value is -3.86. The van der Waals surface area contributed by atoms with Gasteiger partial charge in [-0.1, -0.05) is 60.7 Å². The second kappa shape index (κ2) is 7.80. The molecule has 3 aromatic carbocycles. The van der Waals surface area contributed by atoms with Crippen LogP contribution in [0, 0.1) is 0 Å². The summed E-state index contributed by atoms with van der Waals surface area (Å²) in [4.78, 5) is 25.2. The molecule has 0 aliphatic rings. The number of anilines is 1. The molecule has 0 unspecified atom stereocenters. The first-order valence-corrected chi connectivity index (χ1v) is 8.92. The van der Waals surface area contributed by atoms with Crippen LogP contribution < -0.4 is 10.6 Å². The van der Waals surface area contributed by atoms with Crippen molar-refractivity contribution in [1.82, 2.24) is 5.32 Å². The Balaban J connectivity index is 1.50. The topological polar surface area (TPSA) is 71.3 Å². The van der Waals surface area contributed by atoms with Crippen molar-refractivity contribution in [2.24, 2.45) is 0 Å². The quantitative estimate of drug-likeness (QED) is 0.539. The van der Waals surface area contributed by atoms with E-state index in [-0.39, 0.29) is 11.7 Å². The van der Waals surface area contributed by atoms with Gasteiger partial charge in [0, 0.05) is 11.9 Å². The number of furan rings is 1. The SMILES string of the molecule is O=C(Nc1ccccc1C(=O)NCc1ccccc1)c1cc2ccccc2o1. The zero-order chi connectivity index (χ0) is 19.3. The number of carbonyl (C=O) groups excluding carboxylic acids is 2. The molecule has 0 atom stereocenters. The summed E-state index contributed by atoms with van der Waals surface area (Å²) >= 11 is 0. The van der Waals surface area contributed by atoms with Gasteiger partial charge < -0.3 is 15.1 Å². The van der Waals surface area contributed by atoms with E-state index >= 15 is 0 Å². The molecule has 5 heteroatoms. The summed E-state index contributed by atoms with van der Waals surface area (Å²) in [5.74, 6) is -0.468. The Labute approximate surface area is 162 Å². The Bertz CT molecular complexity index is 1100. The number of amides is 2. The monoisotopic (exact) mass is 370 g/mol. The Morgan fingerprint density at radius 2 is 1.50 bits per heavy atom. The lowest BCUT2D eigenvalue weighted by Crippen LogP contribution is -2.24. The molecular formula is C23H18N2O3. The highest BCUT2D eigenvalue weighted by Crippen LogP contribution is 2.21. The molecule has 0 saturated heterocycles. The maximum absolute atomic E-state index is 12.6. The van der Waals surface area contributed by atoms with Crippen LogP contribution in [0.15, 0.2) is 89.3 Å². The lowest BCUT2D eigenvalue weighted by Gasteiger charge is -2.11. The Kier molecular flexibility index (Phi) is 4.89. The summed E-state index contributed by atoms with van der Waals surface area (Å²) in [5.41, 5.74) is 2.46. The highest BCUT2D eigenvalue weighted by atomic mass is 16.3. The number of hydrogen-bond donors (Lipinski definition) is 2. The second-order valence-corrected chi connectivity index (χ2v) is 6.32. The maximum Gasteiger partial charge on any atom is 0.291 e. The average Bonchev–Trinajstić information content (AvgIpc) is 3.18. The predicted octanol–water partition coefficient (Wildman–Crippen LogP) is 4.62. The lowest BCUT2D eigenvalue weighted by molar-refractivity contribution is 0.0952. The zero-order valence-electron chi connectivity index (χ0n) is 15.0. The number of benzene rings is 3. The van der Waals surface area contributed by atoms with Crippen LogP contribution in [0.5, 0.6) is 0 Å². The van der Waals surface area contributed by atoms with Crippen LogP contribution in [0.4, 0.5) is 5.69 Å². The summed E-state index contributed by atoms with van der Waals surface area (Å²) in [7, 11) is 0. The molecule has 0 fully saturated rings. The molecule has 2 N–H and O–H groups in total. The van der Waals surface area contributed by atoms with Crippen molar-refractivity contribution in [3.8, 4) is 0 Å². The van der Waals surface area contributed by atoms with E-state index in [4.69, 9.17) is 4.42 Å². The van der Waals surface area contributed by atoms with Crippen LogP contribution >= 0.6 is 0 Å². The minimum atomic E-state index is -0.403. The smallest absolute Gasteiger partial charge is 0.291 e. The van der Waals surface area contributed by atoms with Crippen LogP contribution in [0.1, 0.15) is 26.5 Å². The van der Waals surface area contributed by atoms with Crippen LogP contribution in [-0.4, -0.2) is 11.8 Å². The standard InChI is InChI=1S/C23H18N2O3/c26-22(24-15-16-8-2-1-3-9-16)18-11-5-6-12-19(18)25-23(27)21-14-17-10-4-7-13-20(17)28-21/h1-14H,15H2,(H,24,26)(H,25,27). The van der Waals surface area contributed by atoms with Gasteiger partial charge in [-0.2, -0.15) is 0 Å². The molecule has 4 aromatic rings. The third-order valence-electron chi connectivity index (χ3n) is 4.37. The normalized spacial score (nSPS) is 10.6. The van der Waals surface area contributed by atoms with Crippen LogP contribution in [0.3, 0.4) is 0 Å². The summed E-state index contributed by atoms with van der Waals surface area (Å²) in [5, 5.41) is 6.50. The van der Waals surface area contributed by atoms with E-state index in [1.165, 1.54) is 0 Å². The van der Waals surface area contributed by atoms with Crippen molar-refractivity contribution >= 4 is 28.5 Å². The van der Waals surface area contributed by atoms with Gasteiger partial charge >= 0.3 is 0 Å². The fourth-order valence-electron chi connectivity index (χ4n) is 2.94. The third-order valence-corrected chi connectivity index (χ3v) is 4.37. The highest BCUT2D eigenvalue weighted by molar-refractivity contribution is 6.09. The van der Waals surface area contributed by atoms with Crippen molar-refractivity contribution in [2.45, 2.75) is 6.54 Å². The van der Waals surface area contributed by atoms with E-state index < -0.39 is 5.91 Å². The molecule has 28 heavy (non-hydrogen) atoms. The van der Waals surface area contributed by atoms with Crippen molar-refractivity contribution < 1.29 is 14.0 Å². The Morgan fingerprint density at radius 3 is 2.32 bits per heavy atom. The van der Waals surface area contributed by atoms with E-state index in [9.17, 15) is 9.59 Å². The van der Waals surface area contributed by atoms with Gasteiger partial charge in [0.05, 0.1) is 11.3 Å². The van der Waals surface area contributed by atoms with Gasteiger partial charge in [0.2, 0.25) is 0 Å². The summed E-state index contributed by atoms with van der Waals surface area (Å²) < 4.78 is 5.60. The number of hydrogen-bond acceptors (Lipinski definition) is 3. The first kappa shape index (κ1) is 17.5. The number of carbonyl (C=O) groups is 2. The fourth-order valence-corrected chi connectivity index (χ4v) is 2.94. The molecule has 0 aliphatic heterocycles. The van der Waals surface area contributed by atoms with Crippen molar-refractivity contribution in [2.75, 3.05) is 5.32 Å². The Morgan fingerprint density at radius 1 is 0.786 bits per heavy atom. The predicted molar refractivity (Wildman–Crippen MR) is 108 cm³/mol. The summed E-state index contributed by atoms with van der Waals surface area (Å²) in [6.07, 6.45) is 0. The van der Waals surface area contributed by atoms with Crippen LogP contribution in [-0.2, 0) is 6.54 Å². The van der Waals surface area contributed by atoms with Gasteiger partial charge in [-0.05, 0) is 29.8 Å². The molecule has 1 heterocycles. The van der Waals surface area contributed by atoms with Crippen LogP contribution in [0.25, 0.3) is 11.0 Å². The number of nitrogens with one attached hydrogen (secondary N) is 2. The van der Waals surface area contributed by atoms with Crippen molar-refractivity contribution in [3.05, 3.63) is 102 Å². The summed E-state index contributed by atoms with van der Waals surface area (Å²) in [6.45, 7) is 0.408. The fraction of sp³-hybridized carbons (Fsp3) is 0.0435. The molecule has 0 aliphatic carbocycles. The van der Waals surface area contributed by atoms with E-state index in [1.54, 1.807) is 36.4 Å². The van der Waals surface area contributed by atoms with Crippen molar-refractivity contribution in [1.29, 1.82) is 0 Å². The first-order valence-electron chi connectivity index (χ1n) is 8.92. The van der Waals surface area contributed by atoms with E-state index in [2.05, 4.69) is 10.6 Å². The van der Waals surface area contributed by atoms with Gasteiger partial charge in [-0.15, -0.1) is 0 Å². The molecule has 0 spiro atoms. The molecule has 0 radical (unpaired) electrons. The highest BCUT2D eigenvalue weighted by Gasteiger charge is 2.16. The third kappa shape index (κ3) is 3.78. The van der Waals surface area contributed by atoms with Gasteiger partial charge in [-0.25, -0.2) is 0 Å². The van der Waals surface area contributed by atoms with E-state index in [1.807, 2.05) is 48.5 Å². The number of para-hydroxylation sites is 2. The largest absolute Gasteiger partial charge is 0.451 e. The number of fused-ring (bicyclic) bond motifs is 1. The second-order valence-electron chi connectivity index (χ2n) is 6.32. The molecule has 2 amide bonds. The molecule has 138 valence electrons. The molecule has 0 bridgehead atoms. The van der Waals surface area contributed by atoms with E-state index in [0.29, 0.717) is 23.4 Å². The minimum absolute atomic E-state index is 0.195. The molecule has 4 rings (SSSR count). The maximum atomic E-state index is 12.6. The average molecular weight is 370 g/mol. The first-order chi connectivity index (χ1) is 13.7. The van der Waals surface area contributed by atoms with Gasteiger partial charge in [0.15, 0.2) is 5.76 Å². The zero-order valence-corrected chi connectivity index (χ0v) is 15.0. The minimum Gasteiger partial charge on any atom is -0.451 e. The van der Waals surface area contributed by atoms with Gasteiger partial charge in [-0.3, -0.25) is 9.59 Å². The molecule has 5 nitrogen and oxygen atoms in total. The molecule has 1 aromatic heterocycles.